The highest BCUT2D eigenvalue weighted by atomic mass is 16.5. The van der Waals surface area contributed by atoms with Crippen LogP contribution >= 0.6 is 0 Å². The van der Waals surface area contributed by atoms with Gasteiger partial charge in [0, 0.05) is 13.2 Å². The number of carboxylic acids is 1. The van der Waals surface area contributed by atoms with E-state index in [0.717, 1.165) is 12.8 Å². The lowest BCUT2D eigenvalue weighted by Crippen LogP contribution is -2.38. The Morgan fingerprint density at radius 2 is 2.33 bits per heavy atom. The zero-order chi connectivity index (χ0) is 11.3. The van der Waals surface area contributed by atoms with Crippen LogP contribution in [0.15, 0.2) is 0 Å². The van der Waals surface area contributed by atoms with Crippen LogP contribution in [0, 0.1) is 5.92 Å². The second-order valence-corrected chi connectivity index (χ2v) is 3.69. The van der Waals surface area contributed by atoms with Gasteiger partial charge in [0.2, 0.25) is 5.91 Å². The number of aliphatic carboxylic acids is 1. The van der Waals surface area contributed by atoms with Crippen molar-refractivity contribution in [3.05, 3.63) is 0 Å². The van der Waals surface area contributed by atoms with Gasteiger partial charge in [0.25, 0.3) is 0 Å². The molecule has 1 rings (SSSR count). The minimum atomic E-state index is -0.870. The summed E-state index contributed by atoms with van der Waals surface area (Å²) in [5.74, 6) is -1.56. The van der Waals surface area contributed by atoms with E-state index in [0.29, 0.717) is 13.0 Å². The fourth-order valence-corrected chi connectivity index (χ4v) is 1.53. The average Bonchev–Trinajstić information content (AvgIpc) is 2.70. The molecular formula is C10H17NO4. The Kier molecular flexibility index (Phi) is 4.55. The summed E-state index contributed by atoms with van der Waals surface area (Å²) in [6, 6.07) is 0. The first-order chi connectivity index (χ1) is 7.15. The topological polar surface area (TPSA) is 75.6 Å². The van der Waals surface area contributed by atoms with E-state index in [1.807, 2.05) is 0 Å². The Balaban J connectivity index is 2.28. The molecule has 0 aromatic carbocycles. The molecule has 1 aliphatic heterocycles. The van der Waals surface area contributed by atoms with E-state index >= 15 is 0 Å². The molecule has 0 saturated carbocycles. The van der Waals surface area contributed by atoms with E-state index < -0.39 is 11.9 Å². The third kappa shape index (κ3) is 3.51. The molecule has 2 N–H and O–H groups in total. The molecule has 1 fully saturated rings. The lowest BCUT2D eigenvalue weighted by Gasteiger charge is -2.13. The van der Waals surface area contributed by atoms with Gasteiger partial charge in [-0.25, -0.2) is 0 Å². The van der Waals surface area contributed by atoms with Gasteiger partial charge in [0.1, 0.15) is 6.10 Å². The van der Waals surface area contributed by atoms with Gasteiger partial charge in [0.15, 0.2) is 0 Å². The minimum Gasteiger partial charge on any atom is -0.481 e. The zero-order valence-corrected chi connectivity index (χ0v) is 8.86. The predicted molar refractivity (Wildman–Crippen MR) is 53.4 cm³/mol. The summed E-state index contributed by atoms with van der Waals surface area (Å²) in [5.41, 5.74) is 0. The Morgan fingerprint density at radius 3 is 2.80 bits per heavy atom. The van der Waals surface area contributed by atoms with Crippen LogP contribution < -0.4 is 5.32 Å². The largest absolute Gasteiger partial charge is 0.481 e. The van der Waals surface area contributed by atoms with Crippen molar-refractivity contribution >= 4 is 11.9 Å². The van der Waals surface area contributed by atoms with Crippen molar-refractivity contribution in [2.24, 2.45) is 5.92 Å². The highest BCUT2D eigenvalue weighted by Gasteiger charge is 2.24. The van der Waals surface area contributed by atoms with Gasteiger partial charge in [-0.3, -0.25) is 9.59 Å². The SMILES string of the molecule is CCC(CNC(=O)[C@@H]1CCCO1)C(=O)O. The molecule has 1 aliphatic rings. The number of hydrogen-bond acceptors (Lipinski definition) is 3. The van der Waals surface area contributed by atoms with Crippen LogP contribution in [-0.2, 0) is 14.3 Å². The molecule has 15 heavy (non-hydrogen) atoms. The number of carbonyl (C=O) groups is 2. The van der Waals surface area contributed by atoms with Crippen LogP contribution in [0.25, 0.3) is 0 Å². The Bertz CT molecular complexity index is 236. The number of ether oxygens (including phenoxy) is 1. The molecule has 0 aromatic heterocycles. The maximum atomic E-state index is 11.5. The second-order valence-electron chi connectivity index (χ2n) is 3.69. The highest BCUT2D eigenvalue weighted by molar-refractivity contribution is 5.81. The molecule has 86 valence electrons. The van der Waals surface area contributed by atoms with Crippen LogP contribution in [0.1, 0.15) is 26.2 Å². The fourth-order valence-electron chi connectivity index (χ4n) is 1.53. The van der Waals surface area contributed by atoms with Crippen molar-refractivity contribution < 1.29 is 19.4 Å². The Hall–Kier alpha value is -1.10. The quantitative estimate of drug-likeness (QED) is 0.695. The molecule has 2 atom stereocenters. The van der Waals surface area contributed by atoms with Crippen molar-refractivity contribution in [1.82, 2.24) is 5.32 Å². The number of nitrogens with one attached hydrogen (secondary N) is 1. The average molecular weight is 215 g/mol. The first kappa shape index (κ1) is 12.0. The standard InChI is InChI=1S/C10H17NO4/c1-2-7(10(13)14)6-11-9(12)8-4-3-5-15-8/h7-8H,2-6H2,1H3,(H,11,12)(H,13,14)/t7?,8-/m0/s1. The minimum absolute atomic E-state index is 0.185. The molecule has 0 bridgehead atoms. The van der Waals surface area contributed by atoms with E-state index in [-0.39, 0.29) is 18.6 Å². The van der Waals surface area contributed by atoms with Gasteiger partial charge in [-0.1, -0.05) is 6.92 Å². The summed E-state index contributed by atoms with van der Waals surface area (Å²) in [7, 11) is 0. The normalized spacial score (nSPS) is 22.3. The summed E-state index contributed by atoms with van der Waals surface area (Å²) in [6.45, 7) is 2.59. The highest BCUT2D eigenvalue weighted by Crippen LogP contribution is 2.12. The van der Waals surface area contributed by atoms with E-state index in [9.17, 15) is 9.59 Å². The smallest absolute Gasteiger partial charge is 0.308 e. The van der Waals surface area contributed by atoms with Gasteiger partial charge in [-0.05, 0) is 19.3 Å². The molecule has 5 nitrogen and oxygen atoms in total. The molecule has 1 unspecified atom stereocenters. The molecule has 0 aromatic rings. The van der Waals surface area contributed by atoms with Crippen molar-refractivity contribution in [3.63, 3.8) is 0 Å². The van der Waals surface area contributed by atoms with Crippen molar-refractivity contribution in [2.75, 3.05) is 13.2 Å². The lowest BCUT2D eigenvalue weighted by molar-refractivity contribution is -0.142. The van der Waals surface area contributed by atoms with Crippen LogP contribution in [0.4, 0.5) is 0 Å². The number of rotatable bonds is 5. The third-order valence-corrected chi connectivity index (χ3v) is 2.59. The first-order valence-corrected chi connectivity index (χ1v) is 5.27. The van der Waals surface area contributed by atoms with E-state index in [2.05, 4.69) is 5.32 Å². The zero-order valence-electron chi connectivity index (χ0n) is 8.86. The van der Waals surface area contributed by atoms with E-state index in [1.54, 1.807) is 6.92 Å². The number of carboxylic acid groups (broad SMARTS) is 1. The number of amides is 1. The van der Waals surface area contributed by atoms with Gasteiger partial charge < -0.3 is 15.2 Å². The van der Waals surface area contributed by atoms with Crippen LogP contribution in [0.2, 0.25) is 0 Å². The molecular weight excluding hydrogens is 198 g/mol. The number of carbonyl (C=O) groups excluding carboxylic acids is 1. The molecule has 5 heteroatoms. The molecule has 0 radical (unpaired) electrons. The summed E-state index contributed by atoms with van der Waals surface area (Å²) in [6.07, 6.45) is 1.77. The predicted octanol–water partition coefficient (Wildman–Crippen LogP) is 0.392. The fraction of sp³-hybridized carbons (Fsp3) is 0.800. The summed E-state index contributed by atoms with van der Waals surface area (Å²) in [4.78, 5) is 22.1. The van der Waals surface area contributed by atoms with Crippen molar-refractivity contribution in [2.45, 2.75) is 32.3 Å². The summed E-state index contributed by atoms with van der Waals surface area (Å²) >= 11 is 0. The van der Waals surface area contributed by atoms with Crippen molar-refractivity contribution in [1.29, 1.82) is 0 Å². The lowest BCUT2D eigenvalue weighted by atomic mass is 10.1. The molecule has 1 heterocycles. The Labute approximate surface area is 88.8 Å². The maximum Gasteiger partial charge on any atom is 0.308 e. The van der Waals surface area contributed by atoms with Crippen LogP contribution in [0.5, 0.6) is 0 Å². The van der Waals surface area contributed by atoms with Gasteiger partial charge in [0.05, 0.1) is 5.92 Å². The summed E-state index contributed by atoms with van der Waals surface area (Å²) in [5, 5.41) is 11.4. The van der Waals surface area contributed by atoms with Crippen LogP contribution in [0.3, 0.4) is 0 Å². The molecule has 0 spiro atoms. The van der Waals surface area contributed by atoms with E-state index in [4.69, 9.17) is 9.84 Å². The molecule has 1 saturated heterocycles. The maximum absolute atomic E-state index is 11.5. The van der Waals surface area contributed by atoms with Crippen molar-refractivity contribution in [3.8, 4) is 0 Å². The van der Waals surface area contributed by atoms with Gasteiger partial charge >= 0.3 is 5.97 Å². The second kappa shape index (κ2) is 5.70. The van der Waals surface area contributed by atoms with Gasteiger partial charge in [-0.15, -0.1) is 0 Å². The number of hydrogen-bond donors (Lipinski definition) is 2. The van der Waals surface area contributed by atoms with Gasteiger partial charge in [-0.2, -0.15) is 0 Å². The Morgan fingerprint density at radius 1 is 1.60 bits per heavy atom. The monoisotopic (exact) mass is 215 g/mol. The summed E-state index contributed by atoms with van der Waals surface area (Å²) < 4.78 is 5.18. The molecule has 0 aliphatic carbocycles. The van der Waals surface area contributed by atoms with E-state index in [1.165, 1.54) is 0 Å². The molecule has 1 amide bonds. The third-order valence-electron chi connectivity index (χ3n) is 2.59. The van der Waals surface area contributed by atoms with Crippen LogP contribution in [-0.4, -0.2) is 36.2 Å². The first-order valence-electron chi connectivity index (χ1n) is 5.27.